The number of carbonyl (C=O) groups excluding carboxylic acids is 1. The number of halogens is 4. The Labute approximate surface area is 136 Å². The average molecular weight is 348 g/mol. The highest BCUT2D eigenvalue weighted by atomic mass is 35.5. The van der Waals surface area contributed by atoms with Crippen molar-refractivity contribution in [2.45, 2.75) is 6.92 Å². The Morgan fingerprint density at radius 3 is 2.48 bits per heavy atom. The van der Waals surface area contributed by atoms with Gasteiger partial charge >= 0.3 is 0 Å². The van der Waals surface area contributed by atoms with Gasteiger partial charge in [0.2, 0.25) is 0 Å². The van der Waals surface area contributed by atoms with E-state index in [4.69, 9.17) is 39.5 Å². The van der Waals surface area contributed by atoms with Gasteiger partial charge in [-0.05, 0) is 25.1 Å². The second kappa shape index (κ2) is 6.65. The van der Waals surface area contributed by atoms with Crippen LogP contribution in [0.3, 0.4) is 0 Å². The first-order chi connectivity index (χ1) is 9.95. The molecule has 0 radical (unpaired) electrons. The highest BCUT2D eigenvalue weighted by Crippen LogP contribution is 2.33. The number of ketones is 1. The molecule has 0 aromatic heterocycles. The standard InChI is InChI=1S/C15H10Cl3FO2/c1-2-21-13-7-10(17)8(6-11(13)18)15(20)14-9(16)4-3-5-12(14)19/h3-7H,2H2,1H3. The normalized spacial score (nSPS) is 10.5. The van der Waals surface area contributed by atoms with Crippen LogP contribution in [0.1, 0.15) is 22.8 Å². The van der Waals surface area contributed by atoms with E-state index in [2.05, 4.69) is 0 Å². The van der Waals surface area contributed by atoms with Gasteiger partial charge in [0.05, 0.1) is 27.2 Å². The van der Waals surface area contributed by atoms with Gasteiger partial charge in [-0.1, -0.05) is 40.9 Å². The van der Waals surface area contributed by atoms with E-state index < -0.39 is 11.6 Å². The van der Waals surface area contributed by atoms with Crippen LogP contribution in [-0.4, -0.2) is 12.4 Å². The van der Waals surface area contributed by atoms with E-state index in [0.717, 1.165) is 6.07 Å². The fourth-order valence-electron chi connectivity index (χ4n) is 1.82. The molecule has 0 aliphatic carbocycles. The Morgan fingerprint density at radius 2 is 1.86 bits per heavy atom. The summed E-state index contributed by atoms with van der Waals surface area (Å²) in [6.45, 7) is 2.20. The lowest BCUT2D eigenvalue weighted by atomic mass is 10.0. The molecule has 0 saturated heterocycles. The Bertz CT molecular complexity index is 681. The van der Waals surface area contributed by atoms with Crippen LogP contribution in [0.5, 0.6) is 5.75 Å². The molecule has 0 saturated carbocycles. The van der Waals surface area contributed by atoms with Gasteiger partial charge in [0.15, 0.2) is 5.78 Å². The van der Waals surface area contributed by atoms with E-state index in [1.54, 1.807) is 6.92 Å². The van der Waals surface area contributed by atoms with Gasteiger partial charge in [0.25, 0.3) is 0 Å². The second-order valence-corrected chi connectivity index (χ2v) is 5.34. The average Bonchev–Trinajstić information content (AvgIpc) is 2.42. The van der Waals surface area contributed by atoms with Gasteiger partial charge in [-0.25, -0.2) is 4.39 Å². The van der Waals surface area contributed by atoms with Crippen LogP contribution in [-0.2, 0) is 0 Å². The Hall–Kier alpha value is -1.29. The van der Waals surface area contributed by atoms with E-state index in [1.807, 2.05) is 0 Å². The van der Waals surface area contributed by atoms with Gasteiger partial charge < -0.3 is 4.74 Å². The van der Waals surface area contributed by atoms with Crippen LogP contribution < -0.4 is 4.74 Å². The van der Waals surface area contributed by atoms with E-state index in [-0.39, 0.29) is 26.2 Å². The maximum atomic E-state index is 13.8. The van der Waals surface area contributed by atoms with Crippen LogP contribution in [0, 0.1) is 5.82 Å². The summed E-state index contributed by atoms with van der Waals surface area (Å²) in [5, 5.41) is 0.352. The second-order valence-electron chi connectivity index (χ2n) is 4.12. The predicted molar refractivity (Wildman–Crippen MR) is 82.5 cm³/mol. The molecule has 2 aromatic rings. The number of benzene rings is 2. The summed E-state index contributed by atoms with van der Waals surface area (Å²) in [6.07, 6.45) is 0. The predicted octanol–water partition coefficient (Wildman–Crippen LogP) is 5.42. The third kappa shape index (κ3) is 3.31. The smallest absolute Gasteiger partial charge is 0.199 e. The van der Waals surface area contributed by atoms with Crippen molar-refractivity contribution in [3.8, 4) is 5.75 Å². The molecule has 0 atom stereocenters. The minimum atomic E-state index is -0.714. The van der Waals surface area contributed by atoms with Gasteiger partial charge in [-0.2, -0.15) is 0 Å². The van der Waals surface area contributed by atoms with Crippen molar-refractivity contribution >= 4 is 40.6 Å². The lowest BCUT2D eigenvalue weighted by Crippen LogP contribution is -2.06. The summed E-state index contributed by atoms with van der Waals surface area (Å²) >= 11 is 18.0. The first kappa shape index (κ1) is 16.1. The third-order valence-electron chi connectivity index (χ3n) is 2.76. The van der Waals surface area contributed by atoms with Crippen molar-refractivity contribution in [2.24, 2.45) is 0 Å². The molecule has 0 N–H and O–H groups in total. The van der Waals surface area contributed by atoms with Crippen LogP contribution in [0.15, 0.2) is 30.3 Å². The molecule has 0 spiro atoms. The summed E-state index contributed by atoms with van der Waals surface area (Å²) in [6, 6.07) is 6.78. The van der Waals surface area contributed by atoms with Crippen molar-refractivity contribution in [3.05, 3.63) is 62.3 Å². The number of hydrogen-bond donors (Lipinski definition) is 0. The molecule has 6 heteroatoms. The molecule has 0 aliphatic heterocycles. The van der Waals surface area contributed by atoms with Crippen molar-refractivity contribution in [1.29, 1.82) is 0 Å². The van der Waals surface area contributed by atoms with Crippen molar-refractivity contribution < 1.29 is 13.9 Å². The first-order valence-corrected chi connectivity index (χ1v) is 7.19. The molecule has 0 aliphatic rings. The minimum Gasteiger partial charge on any atom is -0.492 e. The fraction of sp³-hybridized carbons (Fsp3) is 0.133. The number of rotatable bonds is 4. The van der Waals surface area contributed by atoms with Crippen molar-refractivity contribution in [3.63, 3.8) is 0 Å². The molecule has 2 rings (SSSR count). The molecule has 0 fully saturated rings. The number of ether oxygens (including phenoxy) is 1. The first-order valence-electron chi connectivity index (χ1n) is 6.06. The molecular formula is C15H10Cl3FO2. The topological polar surface area (TPSA) is 26.3 Å². The molecule has 21 heavy (non-hydrogen) atoms. The van der Waals surface area contributed by atoms with E-state index in [1.165, 1.54) is 24.3 Å². The van der Waals surface area contributed by atoms with Crippen LogP contribution in [0.2, 0.25) is 15.1 Å². The van der Waals surface area contributed by atoms with Crippen molar-refractivity contribution in [2.75, 3.05) is 6.61 Å². The zero-order chi connectivity index (χ0) is 15.6. The van der Waals surface area contributed by atoms with E-state index in [9.17, 15) is 9.18 Å². The van der Waals surface area contributed by atoms with Gasteiger partial charge in [-0.15, -0.1) is 0 Å². The quantitative estimate of drug-likeness (QED) is 0.691. The Kier molecular flexibility index (Phi) is 5.09. The zero-order valence-corrected chi connectivity index (χ0v) is 13.2. The minimum absolute atomic E-state index is 0.0149. The molecular weight excluding hydrogens is 338 g/mol. The van der Waals surface area contributed by atoms with Crippen LogP contribution in [0.4, 0.5) is 4.39 Å². The Balaban J connectivity index is 2.52. The molecule has 0 bridgehead atoms. The lowest BCUT2D eigenvalue weighted by molar-refractivity contribution is 0.103. The molecule has 0 amide bonds. The van der Waals surface area contributed by atoms with E-state index >= 15 is 0 Å². The highest BCUT2D eigenvalue weighted by molar-refractivity contribution is 6.39. The van der Waals surface area contributed by atoms with Gasteiger partial charge in [-0.3, -0.25) is 4.79 Å². The zero-order valence-electron chi connectivity index (χ0n) is 10.9. The SMILES string of the molecule is CCOc1cc(Cl)c(C(=O)c2c(F)cccc2Cl)cc1Cl. The van der Waals surface area contributed by atoms with Gasteiger partial charge in [0, 0.05) is 11.6 Å². The summed E-state index contributed by atoms with van der Waals surface area (Å²) in [4.78, 5) is 12.4. The summed E-state index contributed by atoms with van der Waals surface area (Å²) < 4.78 is 19.1. The fourth-order valence-corrected chi connectivity index (χ4v) is 2.52. The molecule has 2 aromatic carbocycles. The molecule has 0 heterocycles. The maximum absolute atomic E-state index is 13.8. The maximum Gasteiger partial charge on any atom is 0.199 e. The van der Waals surface area contributed by atoms with Crippen molar-refractivity contribution in [1.82, 2.24) is 0 Å². The van der Waals surface area contributed by atoms with Crippen LogP contribution >= 0.6 is 34.8 Å². The van der Waals surface area contributed by atoms with E-state index in [0.29, 0.717) is 12.4 Å². The summed E-state index contributed by atoms with van der Waals surface area (Å²) in [5.74, 6) is -0.984. The lowest BCUT2D eigenvalue weighted by Gasteiger charge is -2.11. The largest absolute Gasteiger partial charge is 0.492 e. The van der Waals surface area contributed by atoms with Gasteiger partial charge in [0.1, 0.15) is 11.6 Å². The number of hydrogen-bond acceptors (Lipinski definition) is 2. The summed E-state index contributed by atoms with van der Waals surface area (Å²) in [5.41, 5.74) is -0.168. The molecule has 2 nitrogen and oxygen atoms in total. The number of carbonyl (C=O) groups is 1. The molecule has 110 valence electrons. The highest BCUT2D eigenvalue weighted by Gasteiger charge is 2.21. The monoisotopic (exact) mass is 346 g/mol. The van der Waals surface area contributed by atoms with Crippen LogP contribution in [0.25, 0.3) is 0 Å². The third-order valence-corrected chi connectivity index (χ3v) is 3.68. The summed E-state index contributed by atoms with van der Waals surface area (Å²) in [7, 11) is 0. The Morgan fingerprint density at radius 1 is 1.14 bits per heavy atom. The molecule has 0 unspecified atom stereocenters.